The summed E-state index contributed by atoms with van der Waals surface area (Å²) in [6.45, 7) is 1.72. The van der Waals surface area contributed by atoms with Crippen molar-refractivity contribution in [1.29, 1.82) is 0 Å². The highest BCUT2D eigenvalue weighted by atomic mass is 16.1. The van der Waals surface area contributed by atoms with Crippen LogP contribution in [-0.2, 0) is 4.79 Å². The Kier molecular flexibility index (Phi) is 4.47. The van der Waals surface area contributed by atoms with Crippen LogP contribution in [0.4, 0.5) is 0 Å². The fraction of sp³-hybridized carbons (Fsp3) is 0.818. The SMILES string of the molecule is CN(N)N=CC1CCC(C(C)(N)C(N)=O)CC1. The molecule has 98 valence electrons. The third-order valence-corrected chi connectivity index (χ3v) is 3.61. The predicted octanol–water partition coefficient (Wildman–Crippen LogP) is -0.213. The number of hydrogen-bond donors (Lipinski definition) is 3. The van der Waals surface area contributed by atoms with Crippen LogP contribution in [-0.4, -0.2) is 29.8 Å². The van der Waals surface area contributed by atoms with Gasteiger partial charge in [0.15, 0.2) is 0 Å². The zero-order valence-corrected chi connectivity index (χ0v) is 10.6. The number of primary amides is 1. The molecule has 1 fully saturated rings. The Morgan fingerprint density at radius 3 is 2.35 bits per heavy atom. The van der Waals surface area contributed by atoms with Crippen LogP contribution >= 0.6 is 0 Å². The minimum absolute atomic E-state index is 0.167. The summed E-state index contributed by atoms with van der Waals surface area (Å²) in [5.74, 6) is 5.56. The van der Waals surface area contributed by atoms with Gasteiger partial charge in [-0.2, -0.15) is 5.10 Å². The van der Waals surface area contributed by atoms with Crippen LogP contribution in [0.3, 0.4) is 0 Å². The molecule has 6 nitrogen and oxygen atoms in total. The zero-order chi connectivity index (χ0) is 13.1. The average molecular weight is 241 g/mol. The van der Waals surface area contributed by atoms with E-state index in [-0.39, 0.29) is 5.92 Å². The van der Waals surface area contributed by atoms with Crippen molar-refractivity contribution >= 4 is 12.1 Å². The van der Waals surface area contributed by atoms with Gasteiger partial charge in [0, 0.05) is 13.3 Å². The average Bonchev–Trinajstić information content (AvgIpc) is 2.26. The van der Waals surface area contributed by atoms with Crippen molar-refractivity contribution in [2.75, 3.05) is 7.05 Å². The molecule has 0 aromatic carbocycles. The molecule has 6 heteroatoms. The number of nitrogens with two attached hydrogens (primary N) is 3. The van der Waals surface area contributed by atoms with Crippen LogP contribution in [0.15, 0.2) is 5.10 Å². The third kappa shape index (κ3) is 3.67. The Morgan fingerprint density at radius 1 is 1.41 bits per heavy atom. The third-order valence-electron chi connectivity index (χ3n) is 3.61. The Morgan fingerprint density at radius 2 is 1.94 bits per heavy atom. The summed E-state index contributed by atoms with van der Waals surface area (Å²) < 4.78 is 0. The van der Waals surface area contributed by atoms with Gasteiger partial charge in [-0.05, 0) is 44.4 Å². The fourth-order valence-corrected chi connectivity index (χ4v) is 2.27. The van der Waals surface area contributed by atoms with Crippen molar-refractivity contribution in [1.82, 2.24) is 5.12 Å². The molecule has 17 heavy (non-hydrogen) atoms. The van der Waals surface area contributed by atoms with E-state index in [0.717, 1.165) is 25.7 Å². The molecule has 0 heterocycles. The number of carbonyl (C=O) groups excluding carboxylic acids is 1. The largest absolute Gasteiger partial charge is 0.368 e. The van der Waals surface area contributed by atoms with Gasteiger partial charge in [-0.15, -0.1) is 0 Å². The standard InChI is InChI=1S/C11H23N5O/c1-11(13,10(12)17)9-5-3-8(4-6-9)7-15-16(2)14/h7-9H,3-6,13-14H2,1-2H3,(H2,12,17). The van der Waals surface area contributed by atoms with Gasteiger partial charge < -0.3 is 11.5 Å². The molecule has 1 amide bonds. The van der Waals surface area contributed by atoms with E-state index >= 15 is 0 Å². The van der Waals surface area contributed by atoms with Crippen molar-refractivity contribution in [3.8, 4) is 0 Å². The maximum atomic E-state index is 11.3. The summed E-state index contributed by atoms with van der Waals surface area (Å²) in [6, 6.07) is 0. The second-order valence-electron chi connectivity index (χ2n) is 5.10. The molecule has 1 aliphatic carbocycles. The van der Waals surface area contributed by atoms with Crippen molar-refractivity contribution in [2.24, 2.45) is 34.2 Å². The predicted molar refractivity (Wildman–Crippen MR) is 67.7 cm³/mol. The van der Waals surface area contributed by atoms with Crippen LogP contribution in [0.1, 0.15) is 32.6 Å². The Bertz CT molecular complexity index is 292. The van der Waals surface area contributed by atoms with E-state index in [9.17, 15) is 4.79 Å². The molecule has 1 unspecified atom stereocenters. The van der Waals surface area contributed by atoms with Gasteiger partial charge in [0.1, 0.15) is 0 Å². The molecule has 1 rings (SSSR count). The van der Waals surface area contributed by atoms with Crippen molar-refractivity contribution < 1.29 is 4.79 Å². The summed E-state index contributed by atoms with van der Waals surface area (Å²) in [6.07, 6.45) is 5.63. The van der Waals surface area contributed by atoms with E-state index in [0.29, 0.717) is 5.92 Å². The maximum absolute atomic E-state index is 11.3. The van der Waals surface area contributed by atoms with E-state index in [1.165, 1.54) is 5.12 Å². The summed E-state index contributed by atoms with van der Waals surface area (Å²) in [7, 11) is 1.69. The van der Waals surface area contributed by atoms with Gasteiger partial charge in [-0.3, -0.25) is 4.79 Å². The van der Waals surface area contributed by atoms with E-state index in [1.54, 1.807) is 14.0 Å². The lowest BCUT2D eigenvalue weighted by atomic mass is 9.73. The van der Waals surface area contributed by atoms with Crippen LogP contribution in [0.25, 0.3) is 0 Å². The van der Waals surface area contributed by atoms with Gasteiger partial charge in [0.25, 0.3) is 0 Å². The van der Waals surface area contributed by atoms with Gasteiger partial charge in [0.05, 0.1) is 5.54 Å². The number of hydrazone groups is 1. The summed E-state index contributed by atoms with van der Waals surface area (Å²) in [4.78, 5) is 11.3. The van der Waals surface area contributed by atoms with Gasteiger partial charge in [-0.25, -0.2) is 11.0 Å². The molecule has 0 spiro atoms. The van der Waals surface area contributed by atoms with E-state index in [1.807, 2.05) is 6.21 Å². The number of hydrazine groups is 1. The first kappa shape index (κ1) is 13.9. The summed E-state index contributed by atoms with van der Waals surface area (Å²) in [5.41, 5.74) is 10.4. The molecule has 0 radical (unpaired) electrons. The second-order valence-corrected chi connectivity index (χ2v) is 5.10. The van der Waals surface area contributed by atoms with Crippen LogP contribution in [0.5, 0.6) is 0 Å². The minimum atomic E-state index is -0.896. The summed E-state index contributed by atoms with van der Waals surface area (Å²) in [5, 5.41) is 5.33. The zero-order valence-electron chi connectivity index (χ0n) is 10.6. The first-order valence-corrected chi connectivity index (χ1v) is 5.95. The fourth-order valence-electron chi connectivity index (χ4n) is 2.27. The van der Waals surface area contributed by atoms with Gasteiger partial charge >= 0.3 is 0 Å². The van der Waals surface area contributed by atoms with Crippen molar-refractivity contribution in [2.45, 2.75) is 38.1 Å². The highest BCUT2D eigenvalue weighted by molar-refractivity contribution is 5.84. The van der Waals surface area contributed by atoms with E-state index in [4.69, 9.17) is 17.3 Å². The lowest BCUT2D eigenvalue weighted by molar-refractivity contribution is -0.124. The molecular weight excluding hydrogens is 218 g/mol. The highest BCUT2D eigenvalue weighted by Gasteiger charge is 2.37. The lowest BCUT2D eigenvalue weighted by Gasteiger charge is -2.36. The number of hydrogen-bond acceptors (Lipinski definition) is 5. The lowest BCUT2D eigenvalue weighted by Crippen LogP contribution is -2.55. The maximum Gasteiger partial charge on any atom is 0.237 e. The molecular formula is C11H23N5O. The van der Waals surface area contributed by atoms with E-state index < -0.39 is 11.4 Å². The van der Waals surface area contributed by atoms with Crippen LogP contribution in [0.2, 0.25) is 0 Å². The Hall–Kier alpha value is -1.14. The van der Waals surface area contributed by atoms with Crippen molar-refractivity contribution in [3.63, 3.8) is 0 Å². The molecule has 0 aliphatic heterocycles. The number of rotatable bonds is 4. The molecule has 6 N–H and O–H groups in total. The number of amides is 1. The number of carbonyl (C=O) groups is 1. The summed E-state index contributed by atoms with van der Waals surface area (Å²) >= 11 is 0. The van der Waals surface area contributed by atoms with E-state index in [2.05, 4.69) is 5.10 Å². The molecule has 0 saturated heterocycles. The first-order valence-electron chi connectivity index (χ1n) is 5.95. The minimum Gasteiger partial charge on any atom is -0.368 e. The molecule has 1 saturated carbocycles. The quantitative estimate of drug-likeness (QED) is 0.359. The Labute approximate surface area is 102 Å². The van der Waals surface area contributed by atoms with Crippen LogP contribution < -0.4 is 17.3 Å². The van der Waals surface area contributed by atoms with Crippen molar-refractivity contribution in [3.05, 3.63) is 0 Å². The van der Waals surface area contributed by atoms with Crippen LogP contribution in [0, 0.1) is 11.8 Å². The highest BCUT2D eigenvalue weighted by Crippen LogP contribution is 2.33. The molecule has 0 aromatic heterocycles. The Balaban J connectivity index is 2.48. The molecule has 1 atom stereocenters. The normalized spacial score (nSPS) is 28.9. The molecule has 0 bridgehead atoms. The molecule has 0 aromatic rings. The van der Waals surface area contributed by atoms with Gasteiger partial charge in [0.2, 0.25) is 5.91 Å². The topological polar surface area (TPSA) is 111 Å². The monoisotopic (exact) mass is 241 g/mol. The first-order chi connectivity index (χ1) is 7.84. The molecule has 1 aliphatic rings. The number of nitrogens with zero attached hydrogens (tertiary/aromatic N) is 2. The smallest absolute Gasteiger partial charge is 0.237 e. The second kappa shape index (κ2) is 5.46. The van der Waals surface area contributed by atoms with Gasteiger partial charge in [-0.1, -0.05) is 0 Å².